The van der Waals surface area contributed by atoms with E-state index in [0.29, 0.717) is 34.7 Å². The van der Waals surface area contributed by atoms with Gasteiger partial charge in [0.05, 0.1) is 12.6 Å². The van der Waals surface area contributed by atoms with Crippen molar-refractivity contribution >= 4 is 41.1 Å². The van der Waals surface area contributed by atoms with Crippen LogP contribution in [-0.4, -0.2) is 62.5 Å². The number of carbonyl (C=O) groups is 2. The van der Waals surface area contributed by atoms with E-state index >= 15 is 0 Å². The Bertz CT molecular complexity index is 1240. The zero-order valence-electron chi connectivity index (χ0n) is 19.3. The number of rotatable bonds is 6. The van der Waals surface area contributed by atoms with Crippen molar-refractivity contribution in [1.82, 2.24) is 29.8 Å². The van der Waals surface area contributed by atoms with E-state index in [0.717, 1.165) is 31.4 Å². The number of amides is 2. The molecule has 0 unspecified atom stereocenters. The first-order valence-electron chi connectivity index (χ1n) is 11.5. The van der Waals surface area contributed by atoms with Gasteiger partial charge in [-0.1, -0.05) is 18.2 Å². The number of hydrogen-bond acceptors (Lipinski definition) is 8. The van der Waals surface area contributed by atoms with Crippen molar-refractivity contribution in [2.24, 2.45) is 0 Å². The molecule has 3 aromatic rings. The Morgan fingerprint density at radius 3 is 2.53 bits per heavy atom. The first-order valence-corrected chi connectivity index (χ1v) is 11.5. The van der Waals surface area contributed by atoms with E-state index in [1.54, 1.807) is 16.8 Å². The lowest BCUT2D eigenvalue weighted by Crippen LogP contribution is -2.36. The Morgan fingerprint density at radius 1 is 1.09 bits per heavy atom. The van der Waals surface area contributed by atoms with Gasteiger partial charge in [-0.05, 0) is 58.0 Å². The number of anilines is 3. The summed E-state index contributed by atoms with van der Waals surface area (Å²) < 4.78 is 1.61. The number of imide groups is 1. The molecular formula is C24H28N8O2. The van der Waals surface area contributed by atoms with Crippen LogP contribution in [0.1, 0.15) is 37.7 Å². The molecule has 1 saturated heterocycles. The average Bonchev–Trinajstić information content (AvgIpc) is 3.37. The molecule has 10 nitrogen and oxygen atoms in total. The second-order valence-corrected chi connectivity index (χ2v) is 9.03. The minimum Gasteiger partial charge on any atom is -0.351 e. The van der Waals surface area contributed by atoms with Gasteiger partial charge in [0.15, 0.2) is 5.65 Å². The number of nitrogens with one attached hydrogen (secondary N) is 3. The van der Waals surface area contributed by atoms with Crippen molar-refractivity contribution < 1.29 is 9.59 Å². The second kappa shape index (κ2) is 9.22. The van der Waals surface area contributed by atoms with E-state index in [-0.39, 0.29) is 24.3 Å². The lowest BCUT2D eigenvalue weighted by molar-refractivity contribution is -0.124. The fourth-order valence-electron chi connectivity index (χ4n) is 4.52. The summed E-state index contributed by atoms with van der Waals surface area (Å²) in [6, 6.07) is 10.6. The van der Waals surface area contributed by atoms with Gasteiger partial charge in [-0.15, -0.1) is 0 Å². The van der Waals surface area contributed by atoms with Gasteiger partial charge < -0.3 is 15.5 Å². The fourth-order valence-corrected chi connectivity index (χ4v) is 4.52. The lowest BCUT2D eigenvalue weighted by atomic mass is 9.91. The average molecular weight is 461 g/mol. The van der Waals surface area contributed by atoms with Gasteiger partial charge in [-0.25, -0.2) is 0 Å². The third kappa shape index (κ3) is 4.62. The minimum atomic E-state index is -0.378. The number of benzene rings is 1. The molecule has 1 aromatic carbocycles. The fraction of sp³-hybridized carbons (Fsp3) is 0.375. The summed E-state index contributed by atoms with van der Waals surface area (Å²) in [4.78, 5) is 35.4. The van der Waals surface area contributed by atoms with E-state index in [1.807, 2.05) is 30.3 Å². The Kier molecular flexibility index (Phi) is 5.97. The highest BCUT2D eigenvalue weighted by Crippen LogP contribution is 2.26. The summed E-state index contributed by atoms with van der Waals surface area (Å²) in [7, 11) is 4.26. The number of fused-ring (bicyclic) bond motifs is 1. The molecule has 0 spiro atoms. The van der Waals surface area contributed by atoms with Crippen LogP contribution in [-0.2, 0) is 9.59 Å². The van der Waals surface area contributed by atoms with Crippen LogP contribution in [0.4, 0.5) is 17.6 Å². The van der Waals surface area contributed by atoms with Crippen LogP contribution in [0.2, 0.25) is 0 Å². The zero-order valence-corrected chi connectivity index (χ0v) is 19.3. The molecule has 3 N–H and O–H groups in total. The number of nitrogens with zero attached hydrogens (tertiary/aromatic N) is 5. The van der Waals surface area contributed by atoms with E-state index in [4.69, 9.17) is 9.97 Å². The van der Waals surface area contributed by atoms with E-state index in [9.17, 15) is 9.59 Å². The van der Waals surface area contributed by atoms with Gasteiger partial charge in [0.1, 0.15) is 0 Å². The van der Waals surface area contributed by atoms with Crippen LogP contribution in [0.3, 0.4) is 0 Å². The predicted octanol–water partition coefficient (Wildman–Crippen LogP) is 2.58. The van der Waals surface area contributed by atoms with Crippen molar-refractivity contribution in [1.29, 1.82) is 0 Å². The molecule has 2 amide bonds. The Hall–Kier alpha value is -3.79. The largest absolute Gasteiger partial charge is 0.351 e. The highest BCUT2D eigenvalue weighted by Gasteiger charge is 2.26. The molecule has 10 heteroatoms. The van der Waals surface area contributed by atoms with E-state index in [1.165, 1.54) is 0 Å². The first-order chi connectivity index (χ1) is 16.5. The van der Waals surface area contributed by atoms with Crippen molar-refractivity contribution in [2.75, 3.05) is 24.7 Å². The molecule has 0 atom stereocenters. The SMILES string of the molecule is CN(C)C1CCC(Nc2nc(Nc3ccccc3)n3ncc(C=C4CC(=O)NC4=O)c3n2)CC1. The maximum Gasteiger partial charge on any atom is 0.254 e. The van der Waals surface area contributed by atoms with Crippen LogP contribution in [0.25, 0.3) is 11.7 Å². The molecule has 5 rings (SSSR count). The molecule has 0 bridgehead atoms. The van der Waals surface area contributed by atoms with Gasteiger partial charge in [0.2, 0.25) is 17.8 Å². The summed E-state index contributed by atoms with van der Waals surface area (Å²) in [6.07, 6.45) is 7.68. The van der Waals surface area contributed by atoms with Crippen molar-refractivity contribution in [3.63, 3.8) is 0 Å². The molecular weight excluding hydrogens is 432 g/mol. The standard InChI is InChI=1S/C24H28N8O2/c1-31(2)19-10-8-18(9-11-19)26-23-29-21-16(12-15-13-20(33)28-22(15)34)14-25-32(21)24(30-23)27-17-6-4-3-5-7-17/h3-7,12,14,18-19H,8-11,13H2,1-2H3,(H,28,33,34)(H2,26,27,29,30). The van der Waals surface area contributed by atoms with Gasteiger partial charge >= 0.3 is 0 Å². The van der Waals surface area contributed by atoms with Crippen LogP contribution in [0, 0.1) is 0 Å². The number of carbonyl (C=O) groups excluding carboxylic acids is 2. The molecule has 2 fully saturated rings. The third-order valence-corrected chi connectivity index (χ3v) is 6.41. The van der Waals surface area contributed by atoms with Gasteiger partial charge in [-0.2, -0.15) is 19.6 Å². The monoisotopic (exact) mass is 460 g/mol. The summed E-state index contributed by atoms with van der Waals surface area (Å²) in [6.45, 7) is 0. The highest BCUT2D eigenvalue weighted by atomic mass is 16.2. The van der Waals surface area contributed by atoms with Gasteiger partial charge in [0, 0.05) is 28.9 Å². The quantitative estimate of drug-likeness (QED) is 0.380. The smallest absolute Gasteiger partial charge is 0.254 e. The zero-order chi connectivity index (χ0) is 23.7. The van der Waals surface area contributed by atoms with Crippen molar-refractivity contribution in [3.05, 3.63) is 47.7 Å². The second-order valence-electron chi connectivity index (χ2n) is 9.03. The first kappa shape index (κ1) is 22.0. The molecule has 1 aliphatic heterocycles. The maximum absolute atomic E-state index is 12.1. The molecule has 34 heavy (non-hydrogen) atoms. The number of aromatic nitrogens is 4. The number of hydrogen-bond donors (Lipinski definition) is 3. The molecule has 0 radical (unpaired) electrons. The molecule has 2 aliphatic rings. The molecule has 1 aliphatic carbocycles. The van der Waals surface area contributed by atoms with Gasteiger partial charge in [-0.3, -0.25) is 14.9 Å². The van der Waals surface area contributed by atoms with Crippen LogP contribution in [0.15, 0.2) is 42.1 Å². The third-order valence-electron chi connectivity index (χ3n) is 6.41. The maximum atomic E-state index is 12.1. The Morgan fingerprint density at radius 2 is 1.85 bits per heavy atom. The van der Waals surface area contributed by atoms with E-state index < -0.39 is 0 Å². The summed E-state index contributed by atoms with van der Waals surface area (Å²) in [5, 5.41) is 13.6. The summed E-state index contributed by atoms with van der Waals surface area (Å²) >= 11 is 0. The van der Waals surface area contributed by atoms with Gasteiger partial charge in [0.25, 0.3) is 5.91 Å². The minimum absolute atomic E-state index is 0.0522. The van der Waals surface area contributed by atoms with Crippen LogP contribution in [0.5, 0.6) is 0 Å². The molecule has 176 valence electrons. The lowest BCUT2D eigenvalue weighted by Gasteiger charge is -2.33. The van der Waals surface area contributed by atoms with E-state index in [2.05, 4.69) is 40.0 Å². The number of para-hydroxylation sites is 1. The highest BCUT2D eigenvalue weighted by molar-refractivity contribution is 6.15. The normalized spacial score (nSPS) is 21.9. The predicted molar refractivity (Wildman–Crippen MR) is 130 cm³/mol. The topological polar surface area (TPSA) is 117 Å². The summed E-state index contributed by atoms with van der Waals surface area (Å²) in [5.41, 5.74) is 2.47. The summed E-state index contributed by atoms with van der Waals surface area (Å²) in [5.74, 6) is 0.338. The molecule has 1 saturated carbocycles. The van der Waals surface area contributed by atoms with Crippen LogP contribution >= 0.6 is 0 Å². The van der Waals surface area contributed by atoms with Crippen molar-refractivity contribution in [3.8, 4) is 0 Å². The van der Waals surface area contributed by atoms with Crippen molar-refractivity contribution in [2.45, 2.75) is 44.2 Å². The molecule has 3 heterocycles. The van der Waals surface area contributed by atoms with Crippen LogP contribution < -0.4 is 16.0 Å². The Labute approximate surface area is 197 Å². The molecule has 2 aromatic heterocycles. The Balaban J connectivity index is 1.48.